The second-order valence-corrected chi connectivity index (χ2v) is 6.61. The van der Waals surface area contributed by atoms with Gasteiger partial charge >= 0.3 is 5.97 Å². The minimum Gasteiger partial charge on any atom is -0.467 e. The van der Waals surface area contributed by atoms with Crippen molar-refractivity contribution in [3.63, 3.8) is 0 Å². The number of methoxy groups -OCH3 is 1. The first-order valence-corrected chi connectivity index (χ1v) is 8.91. The van der Waals surface area contributed by atoms with Crippen LogP contribution in [0.2, 0.25) is 5.02 Å². The molecule has 0 aliphatic rings. The lowest BCUT2D eigenvalue weighted by atomic mass is 10.1. The maximum Gasteiger partial charge on any atom is 0.328 e. The number of carbonyl (C=O) groups is 2. The number of rotatable bonds is 6. The maximum absolute atomic E-state index is 12.6. The largest absolute Gasteiger partial charge is 0.467 e. The van der Waals surface area contributed by atoms with Crippen LogP contribution >= 0.6 is 11.6 Å². The van der Waals surface area contributed by atoms with Gasteiger partial charge in [-0.25, -0.2) is 9.78 Å². The van der Waals surface area contributed by atoms with Gasteiger partial charge in [-0.05, 0) is 23.8 Å². The Morgan fingerprint density at radius 1 is 1.21 bits per heavy atom. The third kappa shape index (κ3) is 4.55. The molecule has 0 bridgehead atoms. The zero-order chi connectivity index (χ0) is 20.1. The third-order valence-corrected chi connectivity index (χ3v) is 4.44. The first-order chi connectivity index (χ1) is 13.5. The standard InChI is InChI=1S/C20H18ClN3O4/c1-28-20(27)17(9-13-5-3-2-4-6-13)23-18(25)11-24-12-22-16-8-7-14(21)10-15(16)19(24)26/h2-8,10,12,17H,9,11H2,1H3,(H,23,25)/t17-/m1/s1. The summed E-state index contributed by atoms with van der Waals surface area (Å²) >= 11 is 5.94. The number of hydrogen-bond donors (Lipinski definition) is 1. The summed E-state index contributed by atoms with van der Waals surface area (Å²) < 4.78 is 5.95. The van der Waals surface area contributed by atoms with Crippen LogP contribution in [0.25, 0.3) is 10.9 Å². The quantitative estimate of drug-likeness (QED) is 0.640. The van der Waals surface area contributed by atoms with E-state index in [-0.39, 0.29) is 18.5 Å². The van der Waals surface area contributed by atoms with Gasteiger partial charge in [0.2, 0.25) is 5.91 Å². The summed E-state index contributed by atoms with van der Waals surface area (Å²) in [7, 11) is 1.26. The first-order valence-electron chi connectivity index (χ1n) is 8.53. The third-order valence-electron chi connectivity index (χ3n) is 4.20. The zero-order valence-electron chi connectivity index (χ0n) is 15.1. The summed E-state index contributed by atoms with van der Waals surface area (Å²) in [5, 5.41) is 3.35. The van der Waals surface area contributed by atoms with Crippen LogP contribution in [0.15, 0.2) is 59.7 Å². The molecule has 0 fully saturated rings. The van der Waals surface area contributed by atoms with Gasteiger partial charge in [0.05, 0.1) is 24.3 Å². The van der Waals surface area contributed by atoms with Crippen LogP contribution in [0.5, 0.6) is 0 Å². The molecular formula is C20H18ClN3O4. The highest BCUT2D eigenvalue weighted by atomic mass is 35.5. The summed E-state index contributed by atoms with van der Waals surface area (Å²) in [6.45, 7) is -0.281. The van der Waals surface area contributed by atoms with Crippen LogP contribution in [-0.4, -0.2) is 34.6 Å². The normalized spacial score (nSPS) is 11.8. The predicted octanol–water partition coefficient (Wildman–Crippen LogP) is 1.95. The van der Waals surface area contributed by atoms with Gasteiger partial charge in [-0.2, -0.15) is 0 Å². The van der Waals surface area contributed by atoms with Crippen LogP contribution < -0.4 is 10.9 Å². The number of fused-ring (bicyclic) bond motifs is 1. The van der Waals surface area contributed by atoms with E-state index < -0.39 is 17.9 Å². The van der Waals surface area contributed by atoms with E-state index in [0.29, 0.717) is 15.9 Å². The van der Waals surface area contributed by atoms with Crippen molar-refractivity contribution in [2.75, 3.05) is 7.11 Å². The topological polar surface area (TPSA) is 90.3 Å². The number of nitrogens with zero attached hydrogens (tertiary/aromatic N) is 2. The Hall–Kier alpha value is -3.19. The SMILES string of the molecule is COC(=O)[C@@H](Cc1ccccc1)NC(=O)Cn1cnc2ccc(Cl)cc2c1=O. The summed E-state index contributed by atoms with van der Waals surface area (Å²) in [6, 6.07) is 13.2. The number of halogens is 1. The van der Waals surface area contributed by atoms with Gasteiger partial charge in [0.1, 0.15) is 12.6 Å². The van der Waals surface area contributed by atoms with Crippen molar-refractivity contribution in [2.24, 2.45) is 0 Å². The number of carbonyl (C=O) groups excluding carboxylic acids is 2. The average Bonchev–Trinajstić information content (AvgIpc) is 2.70. The molecule has 0 saturated heterocycles. The van der Waals surface area contributed by atoms with Crippen molar-refractivity contribution in [3.8, 4) is 0 Å². The highest BCUT2D eigenvalue weighted by molar-refractivity contribution is 6.31. The lowest BCUT2D eigenvalue weighted by Gasteiger charge is -2.17. The highest BCUT2D eigenvalue weighted by Crippen LogP contribution is 2.14. The molecule has 0 unspecified atom stereocenters. The molecule has 0 saturated carbocycles. The van der Waals surface area contributed by atoms with Crippen molar-refractivity contribution >= 4 is 34.4 Å². The van der Waals surface area contributed by atoms with Gasteiger partial charge in [0.25, 0.3) is 5.56 Å². The van der Waals surface area contributed by atoms with Gasteiger partial charge in [0, 0.05) is 11.4 Å². The van der Waals surface area contributed by atoms with E-state index in [2.05, 4.69) is 10.3 Å². The van der Waals surface area contributed by atoms with E-state index >= 15 is 0 Å². The summed E-state index contributed by atoms with van der Waals surface area (Å²) in [4.78, 5) is 41.3. The Bertz CT molecular complexity index is 1070. The number of benzene rings is 2. The van der Waals surface area contributed by atoms with Crippen LogP contribution in [0, 0.1) is 0 Å². The molecule has 7 nitrogen and oxygen atoms in total. The minimum atomic E-state index is -0.863. The number of hydrogen-bond acceptors (Lipinski definition) is 5. The molecule has 1 atom stereocenters. The molecule has 144 valence electrons. The Morgan fingerprint density at radius 2 is 1.96 bits per heavy atom. The summed E-state index contributed by atoms with van der Waals surface area (Å²) in [5.41, 5.74) is 0.972. The van der Waals surface area contributed by atoms with Crippen LogP contribution in [0.4, 0.5) is 0 Å². The van der Waals surface area contributed by atoms with E-state index in [1.807, 2.05) is 30.3 Å². The smallest absolute Gasteiger partial charge is 0.328 e. The van der Waals surface area contributed by atoms with Gasteiger partial charge in [-0.15, -0.1) is 0 Å². The first kappa shape index (κ1) is 19.6. The molecule has 0 aliphatic heterocycles. The number of ether oxygens (including phenoxy) is 1. The minimum absolute atomic E-state index is 0.278. The molecule has 0 radical (unpaired) electrons. The molecule has 2 aromatic carbocycles. The monoisotopic (exact) mass is 399 g/mol. The van der Waals surface area contributed by atoms with Crippen molar-refractivity contribution in [1.29, 1.82) is 0 Å². The van der Waals surface area contributed by atoms with Gasteiger partial charge in [0.15, 0.2) is 0 Å². The van der Waals surface area contributed by atoms with E-state index in [9.17, 15) is 14.4 Å². The second kappa shape index (κ2) is 8.67. The summed E-state index contributed by atoms with van der Waals surface area (Å²) in [6.07, 6.45) is 1.57. The van der Waals surface area contributed by atoms with Crippen molar-refractivity contribution < 1.29 is 14.3 Å². The molecule has 28 heavy (non-hydrogen) atoms. The fourth-order valence-corrected chi connectivity index (χ4v) is 3.00. The van der Waals surface area contributed by atoms with Gasteiger partial charge < -0.3 is 10.1 Å². The number of amides is 1. The van der Waals surface area contributed by atoms with Crippen LogP contribution in [0.3, 0.4) is 0 Å². The molecule has 1 heterocycles. The van der Waals surface area contributed by atoms with E-state index in [1.165, 1.54) is 24.1 Å². The Balaban J connectivity index is 1.77. The average molecular weight is 400 g/mol. The predicted molar refractivity (Wildman–Crippen MR) is 105 cm³/mol. The lowest BCUT2D eigenvalue weighted by molar-refractivity contribution is -0.145. The fraction of sp³-hybridized carbons (Fsp3) is 0.200. The van der Waals surface area contributed by atoms with E-state index in [0.717, 1.165) is 5.56 Å². The molecule has 0 spiro atoms. The van der Waals surface area contributed by atoms with E-state index in [4.69, 9.17) is 16.3 Å². The lowest BCUT2D eigenvalue weighted by Crippen LogP contribution is -2.45. The second-order valence-electron chi connectivity index (χ2n) is 6.17. The van der Waals surface area contributed by atoms with E-state index in [1.54, 1.807) is 12.1 Å². The summed E-state index contributed by atoms with van der Waals surface area (Å²) in [5.74, 6) is -1.07. The Morgan fingerprint density at radius 3 is 2.68 bits per heavy atom. The number of esters is 1. The zero-order valence-corrected chi connectivity index (χ0v) is 15.8. The molecule has 1 N–H and O–H groups in total. The molecule has 3 rings (SSSR count). The van der Waals surface area contributed by atoms with Crippen LogP contribution in [-0.2, 0) is 27.3 Å². The number of aromatic nitrogens is 2. The van der Waals surface area contributed by atoms with Gasteiger partial charge in [-0.1, -0.05) is 41.9 Å². The Kier molecular flexibility index (Phi) is 6.06. The molecular weight excluding hydrogens is 382 g/mol. The molecule has 0 aliphatic carbocycles. The number of nitrogens with one attached hydrogen (secondary N) is 1. The highest BCUT2D eigenvalue weighted by Gasteiger charge is 2.22. The molecule has 8 heteroatoms. The van der Waals surface area contributed by atoms with Crippen molar-refractivity contribution in [1.82, 2.24) is 14.9 Å². The van der Waals surface area contributed by atoms with Gasteiger partial charge in [-0.3, -0.25) is 14.2 Å². The molecule has 1 amide bonds. The fourth-order valence-electron chi connectivity index (χ4n) is 2.82. The van der Waals surface area contributed by atoms with Crippen molar-refractivity contribution in [2.45, 2.75) is 19.0 Å². The Labute approximate surface area is 165 Å². The van der Waals surface area contributed by atoms with Crippen LogP contribution in [0.1, 0.15) is 5.56 Å². The maximum atomic E-state index is 12.6. The van der Waals surface area contributed by atoms with Crippen molar-refractivity contribution in [3.05, 3.63) is 75.8 Å². The molecule has 3 aromatic rings. The molecule has 1 aromatic heterocycles.